The Morgan fingerprint density at radius 2 is 1.56 bits per heavy atom. The second-order valence-corrected chi connectivity index (χ2v) is 6.97. The topological polar surface area (TPSA) is 27.7 Å². The van der Waals surface area contributed by atoms with Crippen molar-refractivity contribution in [1.82, 2.24) is 0 Å². The molecule has 0 aliphatic rings. The average Bonchev–Trinajstić information content (AvgIpc) is 2.51. The molecule has 0 saturated carbocycles. The van der Waals surface area contributed by atoms with E-state index in [0.29, 0.717) is 18.4 Å². The van der Waals surface area contributed by atoms with Crippen molar-refractivity contribution in [2.45, 2.75) is 84.4 Å². The molecule has 0 heterocycles. The number of rotatable bonds is 12. The SMILES string of the molecule is CC(C)OC(CCCCCCc1ccc(F)cc1F)(O[Si])OC(C)C. The highest BCUT2D eigenvalue weighted by Crippen LogP contribution is 2.26. The van der Waals surface area contributed by atoms with E-state index in [-0.39, 0.29) is 12.2 Å². The molecule has 0 N–H and O–H groups in total. The Balaban J connectivity index is 2.38. The van der Waals surface area contributed by atoms with Crippen molar-refractivity contribution in [3.63, 3.8) is 0 Å². The van der Waals surface area contributed by atoms with E-state index in [4.69, 9.17) is 13.9 Å². The van der Waals surface area contributed by atoms with E-state index in [1.165, 1.54) is 12.1 Å². The predicted octanol–water partition coefficient (Wildman–Crippen LogP) is 5.06. The Bertz CT molecular complexity index is 499. The smallest absolute Gasteiger partial charge is 0.273 e. The summed E-state index contributed by atoms with van der Waals surface area (Å²) in [6.45, 7) is 7.73. The Labute approximate surface area is 153 Å². The van der Waals surface area contributed by atoms with Crippen LogP contribution in [0.2, 0.25) is 0 Å². The van der Waals surface area contributed by atoms with Crippen LogP contribution >= 0.6 is 0 Å². The molecular formula is C19H29F2O3Si. The highest BCUT2D eigenvalue weighted by Gasteiger charge is 2.33. The summed E-state index contributed by atoms with van der Waals surface area (Å²) in [5.41, 5.74) is 0.561. The third-order valence-corrected chi connectivity index (χ3v) is 3.99. The molecular weight excluding hydrogens is 342 g/mol. The zero-order valence-corrected chi connectivity index (χ0v) is 16.6. The zero-order chi connectivity index (χ0) is 18.9. The quantitative estimate of drug-likeness (QED) is 0.292. The Morgan fingerprint density at radius 3 is 2.08 bits per heavy atom. The van der Waals surface area contributed by atoms with Crippen LogP contribution in [0.5, 0.6) is 0 Å². The van der Waals surface area contributed by atoms with Gasteiger partial charge in [-0.1, -0.05) is 18.9 Å². The highest BCUT2D eigenvalue weighted by atomic mass is 28.2. The van der Waals surface area contributed by atoms with Crippen LogP contribution in [0, 0.1) is 11.6 Å². The van der Waals surface area contributed by atoms with Crippen molar-refractivity contribution in [3.8, 4) is 0 Å². The van der Waals surface area contributed by atoms with Crippen molar-refractivity contribution in [1.29, 1.82) is 0 Å². The maximum Gasteiger partial charge on any atom is 0.273 e. The Kier molecular flexibility index (Phi) is 9.78. The first-order valence-electron chi connectivity index (χ1n) is 8.92. The third kappa shape index (κ3) is 8.40. The van der Waals surface area contributed by atoms with Gasteiger partial charge in [0.15, 0.2) is 0 Å². The fourth-order valence-corrected chi connectivity index (χ4v) is 2.90. The molecule has 0 unspecified atom stereocenters. The van der Waals surface area contributed by atoms with Gasteiger partial charge in [-0.25, -0.2) is 8.78 Å². The summed E-state index contributed by atoms with van der Waals surface area (Å²) >= 11 is 0. The molecule has 25 heavy (non-hydrogen) atoms. The van der Waals surface area contributed by atoms with Crippen molar-refractivity contribution < 1.29 is 22.7 Å². The summed E-state index contributed by atoms with van der Waals surface area (Å²) in [6.07, 6.45) is 4.74. The van der Waals surface area contributed by atoms with Crippen molar-refractivity contribution in [3.05, 3.63) is 35.4 Å². The first-order valence-corrected chi connectivity index (χ1v) is 9.33. The molecule has 1 rings (SSSR count). The lowest BCUT2D eigenvalue weighted by atomic mass is 10.0. The Hall–Kier alpha value is -0.823. The van der Waals surface area contributed by atoms with Gasteiger partial charge in [0.25, 0.3) is 16.5 Å². The number of halogens is 2. The highest BCUT2D eigenvalue weighted by molar-refractivity contribution is 5.98. The summed E-state index contributed by atoms with van der Waals surface area (Å²) in [5, 5.41) is 0. The molecule has 0 amide bonds. The lowest BCUT2D eigenvalue weighted by molar-refractivity contribution is -0.369. The molecule has 0 atom stereocenters. The molecule has 141 valence electrons. The molecule has 0 spiro atoms. The first-order chi connectivity index (χ1) is 11.8. The standard InChI is InChI=1S/C19H29F2O3Si/c1-14(2)22-19(24-25,23-15(3)4)12-8-6-5-7-9-16-10-11-17(20)13-18(16)21/h10-11,13-15H,5-9,12H2,1-4H3. The van der Waals surface area contributed by atoms with Crippen LogP contribution in [0.15, 0.2) is 18.2 Å². The van der Waals surface area contributed by atoms with E-state index >= 15 is 0 Å². The Morgan fingerprint density at radius 1 is 0.960 bits per heavy atom. The molecule has 1 aromatic rings. The molecule has 0 saturated heterocycles. The fourth-order valence-electron chi connectivity index (χ4n) is 2.70. The van der Waals surface area contributed by atoms with E-state index in [2.05, 4.69) is 10.5 Å². The molecule has 1 aromatic carbocycles. The van der Waals surface area contributed by atoms with Crippen LogP contribution in [0.1, 0.15) is 65.4 Å². The van der Waals surface area contributed by atoms with Gasteiger partial charge in [-0.15, -0.1) is 0 Å². The molecule has 0 aromatic heterocycles. The maximum atomic E-state index is 13.6. The number of aryl methyl sites for hydroxylation is 1. The minimum absolute atomic E-state index is 0.0310. The van der Waals surface area contributed by atoms with Gasteiger partial charge >= 0.3 is 0 Å². The zero-order valence-electron chi connectivity index (χ0n) is 15.6. The van der Waals surface area contributed by atoms with Crippen LogP contribution in [-0.4, -0.2) is 28.7 Å². The molecule has 3 nitrogen and oxygen atoms in total. The van der Waals surface area contributed by atoms with Crippen molar-refractivity contribution in [2.75, 3.05) is 0 Å². The lowest BCUT2D eigenvalue weighted by Crippen LogP contribution is -2.42. The summed E-state index contributed by atoms with van der Waals surface area (Å²) < 4.78 is 43.4. The summed E-state index contributed by atoms with van der Waals surface area (Å²) in [7, 11) is 3.09. The van der Waals surface area contributed by atoms with Gasteiger partial charge < -0.3 is 13.9 Å². The fraction of sp³-hybridized carbons (Fsp3) is 0.684. The van der Waals surface area contributed by atoms with Gasteiger partial charge in [-0.2, -0.15) is 0 Å². The number of hydrogen-bond acceptors (Lipinski definition) is 3. The maximum absolute atomic E-state index is 13.6. The van der Waals surface area contributed by atoms with Gasteiger partial charge in [0.05, 0.1) is 12.2 Å². The van der Waals surface area contributed by atoms with Crippen LogP contribution < -0.4 is 0 Å². The lowest BCUT2D eigenvalue weighted by Gasteiger charge is -2.35. The second-order valence-electron chi connectivity index (χ2n) is 6.77. The van der Waals surface area contributed by atoms with E-state index in [1.54, 1.807) is 0 Å². The summed E-state index contributed by atoms with van der Waals surface area (Å²) in [6, 6.07) is 3.75. The van der Waals surface area contributed by atoms with E-state index in [9.17, 15) is 8.78 Å². The largest absolute Gasteiger partial charge is 0.371 e. The van der Waals surface area contributed by atoms with Gasteiger partial charge in [0, 0.05) is 12.5 Å². The minimum atomic E-state index is -1.09. The second kappa shape index (κ2) is 11.0. The number of ether oxygens (including phenoxy) is 2. The minimum Gasteiger partial charge on any atom is -0.371 e. The molecule has 6 heteroatoms. The van der Waals surface area contributed by atoms with Crippen molar-refractivity contribution in [2.24, 2.45) is 0 Å². The van der Waals surface area contributed by atoms with E-state index in [0.717, 1.165) is 31.7 Å². The molecule has 3 radical (unpaired) electrons. The summed E-state index contributed by atoms with van der Waals surface area (Å²) in [5.74, 6) is -2.10. The number of unbranched alkanes of at least 4 members (excludes halogenated alkanes) is 3. The monoisotopic (exact) mass is 371 g/mol. The molecule has 0 bridgehead atoms. The van der Waals surface area contributed by atoms with Gasteiger partial charge in [0.2, 0.25) is 0 Å². The van der Waals surface area contributed by atoms with Crippen LogP contribution in [0.4, 0.5) is 8.78 Å². The van der Waals surface area contributed by atoms with Gasteiger partial charge in [0.1, 0.15) is 11.6 Å². The average molecular weight is 372 g/mol. The van der Waals surface area contributed by atoms with Crippen LogP contribution in [0.25, 0.3) is 0 Å². The summed E-state index contributed by atoms with van der Waals surface area (Å²) in [4.78, 5) is 0. The van der Waals surface area contributed by atoms with Gasteiger partial charge in [-0.05, 0) is 58.6 Å². The van der Waals surface area contributed by atoms with Crippen LogP contribution in [0.3, 0.4) is 0 Å². The van der Waals surface area contributed by atoms with E-state index in [1.807, 2.05) is 27.7 Å². The molecule has 0 fully saturated rings. The molecule has 0 aliphatic heterocycles. The third-order valence-electron chi connectivity index (χ3n) is 3.68. The van der Waals surface area contributed by atoms with Gasteiger partial charge in [-0.3, -0.25) is 0 Å². The normalized spacial score (nSPS) is 12.4. The van der Waals surface area contributed by atoms with Crippen LogP contribution in [-0.2, 0) is 20.3 Å². The van der Waals surface area contributed by atoms with E-state index < -0.39 is 17.6 Å². The number of hydrogen-bond donors (Lipinski definition) is 0. The van der Waals surface area contributed by atoms with Crippen molar-refractivity contribution >= 4 is 10.5 Å². The predicted molar refractivity (Wildman–Crippen MR) is 95.2 cm³/mol. The first kappa shape index (κ1) is 22.2. The molecule has 0 aliphatic carbocycles. The number of benzene rings is 1.